The molecule has 1 saturated heterocycles. The van der Waals surface area contributed by atoms with Gasteiger partial charge in [0.05, 0.1) is 0 Å². The van der Waals surface area contributed by atoms with Gasteiger partial charge in [0, 0.05) is 26.2 Å². The van der Waals surface area contributed by atoms with E-state index in [9.17, 15) is 13.6 Å². The number of nitrogens with zero attached hydrogens (tertiary/aromatic N) is 5. The smallest absolute Gasteiger partial charge is 0.259 e. The molecule has 1 fully saturated rings. The van der Waals surface area contributed by atoms with E-state index in [-0.39, 0.29) is 6.04 Å². The Labute approximate surface area is 180 Å². The van der Waals surface area contributed by atoms with Crippen molar-refractivity contribution in [3.05, 3.63) is 53.7 Å². The number of aromatic nitrogens is 4. The maximum absolute atomic E-state index is 13.1. The van der Waals surface area contributed by atoms with Crippen LogP contribution in [0.25, 0.3) is 0 Å². The summed E-state index contributed by atoms with van der Waals surface area (Å²) in [6, 6.07) is 8.49. The van der Waals surface area contributed by atoms with Crippen molar-refractivity contribution in [1.82, 2.24) is 20.4 Å². The molecule has 0 saturated carbocycles. The van der Waals surface area contributed by atoms with Crippen LogP contribution in [0.15, 0.2) is 36.4 Å². The van der Waals surface area contributed by atoms with E-state index < -0.39 is 23.8 Å². The molecular weight excluding hydrogens is 428 g/mol. The fourth-order valence-electron chi connectivity index (χ4n) is 3.27. The van der Waals surface area contributed by atoms with Gasteiger partial charge in [0.15, 0.2) is 11.9 Å². The van der Waals surface area contributed by atoms with Gasteiger partial charge < -0.3 is 15.0 Å². The van der Waals surface area contributed by atoms with Gasteiger partial charge >= 0.3 is 0 Å². The zero-order chi connectivity index (χ0) is 21.8. The van der Waals surface area contributed by atoms with Gasteiger partial charge in [-0.25, -0.2) is 4.39 Å². The molecular formula is C19H19F2N7O2S. The number of halogens is 2. The first-order valence-electron chi connectivity index (χ1n) is 9.45. The van der Waals surface area contributed by atoms with E-state index >= 15 is 0 Å². The van der Waals surface area contributed by atoms with E-state index in [1.54, 1.807) is 6.07 Å². The molecule has 2 atom stereocenters. The summed E-state index contributed by atoms with van der Waals surface area (Å²) in [5, 5.41) is 22.2. The van der Waals surface area contributed by atoms with Gasteiger partial charge in [-0.2, -0.15) is 4.39 Å². The number of carbonyl (C=O) groups is 1. The minimum Gasteiger partial charge on any atom is -0.367 e. The van der Waals surface area contributed by atoms with Crippen molar-refractivity contribution in [3.8, 4) is 0 Å². The second-order valence-electron chi connectivity index (χ2n) is 6.86. The summed E-state index contributed by atoms with van der Waals surface area (Å²) in [5.74, 6) is -0.826. The molecule has 0 radical (unpaired) electrons. The van der Waals surface area contributed by atoms with Crippen LogP contribution in [-0.4, -0.2) is 52.5 Å². The zero-order valence-electron chi connectivity index (χ0n) is 16.5. The molecule has 1 unspecified atom stereocenters. The molecule has 1 aromatic carbocycles. The highest BCUT2D eigenvalue weighted by molar-refractivity contribution is 7.19. The van der Waals surface area contributed by atoms with Crippen LogP contribution in [0.3, 0.4) is 0 Å². The average molecular weight is 447 g/mol. The number of methoxy groups -OCH3 is 1. The molecule has 2 N–H and O–H groups in total. The van der Waals surface area contributed by atoms with Crippen LogP contribution in [0.4, 0.5) is 24.9 Å². The predicted molar refractivity (Wildman–Crippen MR) is 111 cm³/mol. The molecule has 9 nitrogen and oxygen atoms in total. The summed E-state index contributed by atoms with van der Waals surface area (Å²) in [6.45, 7) is 1.39. The number of benzene rings is 1. The van der Waals surface area contributed by atoms with E-state index in [1.807, 2.05) is 4.90 Å². The minimum atomic E-state index is -0.902. The molecule has 1 aliphatic heterocycles. The van der Waals surface area contributed by atoms with Crippen LogP contribution in [0.5, 0.6) is 0 Å². The number of ether oxygens (including phenoxy) is 1. The van der Waals surface area contributed by atoms with Crippen LogP contribution >= 0.6 is 11.3 Å². The second kappa shape index (κ2) is 9.27. The topological polar surface area (TPSA) is 105 Å². The summed E-state index contributed by atoms with van der Waals surface area (Å²) in [6.07, 6.45) is -0.0717. The van der Waals surface area contributed by atoms with E-state index in [0.29, 0.717) is 28.2 Å². The molecule has 4 rings (SSSR count). The van der Waals surface area contributed by atoms with Gasteiger partial charge in [0.25, 0.3) is 5.91 Å². The lowest BCUT2D eigenvalue weighted by molar-refractivity contribution is -0.126. The van der Waals surface area contributed by atoms with E-state index in [2.05, 4.69) is 31.0 Å². The van der Waals surface area contributed by atoms with Crippen molar-refractivity contribution >= 4 is 33.3 Å². The Hall–Kier alpha value is -3.25. The first-order valence-corrected chi connectivity index (χ1v) is 10.3. The van der Waals surface area contributed by atoms with Crippen LogP contribution in [0, 0.1) is 11.8 Å². The maximum Gasteiger partial charge on any atom is 0.259 e. The largest absolute Gasteiger partial charge is 0.367 e. The van der Waals surface area contributed by atoms with Crippen molar-refractivity contribution in [2.75, 3.05) is 35.7 Å². The summed E-state index contributed by atoms with van der Waals surface area (Å²) >= 11 is 1.20. The molecule has 0 aliphatic carbocycles. The first kappa shape index (κ1) is 21.0. The summed E-state index contributed by atoms with van der Waals surface area (Å²) in [7, 11) is 1.40. The number of hydrogen-bond donors (Lipinski definition) is 2. The molecule has 1 aliphatic rings. The van der Waals surface area contributed by atoms with Crippen molar-refractivity contribution in [1.29, 1.82) is 0 Å². The monoisotopic (exact) mass is 447 g/mol. The van der Waals surface area contributed by atoms with Crippen molar-refractivity contribution in [2.45, 2.75) is 18.6 Å². The number of carbonyl (C=O) groups excluding carboxylic acids is 1. The summed E-state index contributed by atoms with van der Waals surface area (Å²) in [5.41, 5.74) is 0.527. The molecule has 31 heavy (non-hydrogen) atoms. The minimum absolute atomic E-state index is 0.0919. The normalized spacial score (nSPS) is 16.9. The first-order chi connectivity index (χ1) is 15.0. The fraction of sp³-hybridized carbons (Fsp3) is 0.316. The summed E-state index contributed by atoms with van der Waals surface area (Å²) < 4.78 is 31.3. The van der Waals surface area contributed by atoms with Crippen LogP contribution in [-0.2, 0) is 9.53 Å². The van der Waals surface area contributed by atoms with E-state index in [0.717, 1.165) is 13.0 Å². The third kappa shape index (κ3) is 5.09. The SMILES string of the molecule is COC(C(=O)Nc1nnc(N[C@@H]2CCN(c3ccc(F)nn3)C2)s1)c1ccc(F)cc1. The standard InChI is InChI=1S/C19H19F2N7O2S/c1-30-16(11-2-4-12(20)5-3-11)17(29)23-19-27-26-18(31-19)22-13-8-9-28(10-13)15-7-6-14(21)24-25-15/h2-7,13,16H,8-10H2,1H3,(H,22,26)(H,23,27,29)/t13-,16?/m1/s1. The maximum atomic E-state index is 13.1. The highest BCUT2D eigenvalue weighted by Crippen LogP contribution is 2.26. The molecule has 2 aromatic heterocycles. The van der Waals surface area contributed by atoms with Gasteiger partial charge in [-0.05, 0) is 36.2 Å². The lowest BCUT2D eigenvalue weighted by atomic mass is 10.1. The molecule has 162 valence electrons. The van der Waals surface area contributed by atoms with Gasteiger partial charge in [0.2, 0.25) is 16.2 Å². The molecule has 3 heterocycles. The van der Waals surface area contributed by atoms with Gasteiger partial charge in [-0.15, -0.1) is 20.4 Å². The number of nitrogens with one attached hydrogen (secondary N) is 2. The van der Waals surface area contributed by atoms with Gasteiger partial charge in [0.1, 0.15) is 5.82 Å². The van der Waals surface area contributed by atoms with E-state index in [4.69, 9.17) is 4.74 Å². The zero-order valence-corrected chi connectivity index (χ0v) is 17.3. The Morgan fingerprint density at radius 2 is 1.90 bits per heavy atom. The number of rotatable bonds is 7. The third-order valence-electron chi connectivity index (χ3n) is 4.76. The average Bonchev–Trinajstić information content (AvgIpc) is 3.40. The Morgan fingerprint density at radius 1 is 1.13 bits per heavy atom. The molecule has 0 bridgehead atoms. The van der Waals surface area contributed by atoms with Crippen LogP contribution in [0.2, 0.25) is 0 Å². The Balaban J connectivity index is 1.33. The summed E-state index contributed by atoms with van der Waals surface area (Å²) in [4.78, 5) is 14.5. The van der Waals surface area contributed by atoms with Gasteiger partial charge in [-0.1, -0.05) is 23.5 Å². The number of hydrogen-bond acceptors (Lipinski definition) is 9. The highest BCUT2D eigenvalue weighted by atomic mass is 32.1. The Bertz CT molecular complexity index is 1030. The molecule has 0 spiro atoms. The van der Waals surface area contributed by atoms with Crippen molar-refractivity contribution in [2.24, 2.45) is 0 Å². The number of anilines is 3. The highest BCUT2D eigenvalue weighted by Gasteiger charge is 2.25. The van der Waals surface area contributed by atoms with Crippen molar-refractivity contribution in [3.63, 3.8) is 0 Å². The quantitative estimate of drug-likeness (QED) is 0.570. The van der Waals surface area contributed by atoms with Crippen LogP contribution in [0.1, 0.15) is 18.1 Å². The second-order valence-corrected chi connectivity index (χ2v) is 7.84. The lowest BCUT2D eigenvalue weighted by Gasteiger charge is -2.16. The predicted octanol–water partition coefficient (Wildman–Crippen LogP) is 2.62. The number of amides is 1. The molecule has 3 aromatic rings. The molecule has 1 amide bonds. The van der Waals surface area contributed by atoms with Gasteiger partial charge in [-0.3, -0.25) is 10.1 Å². The Morgan fingerprint density at radius 3 is 2.61 bits per heavy atom. The van der Waals surface area contributed by atoms with Crippen molar-refractivity contribution < 1.29 is 18.3 Å². The lowest BCUT2D eigenvalue weighted by Crippen LogP contribution is -2.26. The fourth-order valence-corrected chi connectivity index (χ4v) is 4.00. The Kier molecular flexibility index (Phi) is 6.28. The van der Waals surface area contributed by atoms with Crippen LogP contribution < -0.4 is 15.5 Å². The third-order valence-corrected chi connectivity index (χ3v) is 5.53. The molecule has 12 heteroatoms. The van der Waals surface area contributed by atoms with E-state index in [1.165, 1.54) is 48.8 Å².